The van der Waals surface area contributed by atoms with E-state index >= 15 is 0 Å². The van der Waals surface area contributed by atoms with E-state index in [0.29, 0.717) is 30.0 Å². The van der Waals surface area contributed by atoms with Gasteiger partial charge in [0.05, 0.1) is 10.6 Å². The number of hydrogen-bond acceptors (Lipinski definition) is 4. The Kier molecular flexibility index (Phi) is 7.87. The Bertz CT molecular complexity index is 1410. The van der Waals surface area contributed by atoms with Gasteiger partial charge in [-0.1, -0.05) is 61.0 Å². The van der Waals surface area contributed by atoms with Crippen molar-refractivity contribution in [1.29, 1.82) is 0 Å². The van der Waals surface area contributed by atoms with Gasteiger partial charge in [-0.15, -0.1) is 0 Å². The highest BCUT2D eigenvalue weighted by atomic mass is 32.2. The molecule has 3 aromatic carbocycles. The van der Waals surface area contributed by atoms with E-state index in [1.54, 1.807) is 17.0 Å². The number of carbonyl (C=O) groups is 2. The van der Waals surface area contributed by atoms with Crippen LogP contribution in [-0.4, -0.2) is 43.8 Å². The van der Waals surface area contributed by atoms with Crippen molar-refractivity contribution in [3.63, 3.8) is 0 Å². The van der Waals surface area contributed by atoms with Crippen LogP contribution in [0.2, 0.25) is 0 Å². The first kappa shape index (κ1) is 26.7. The average Bonchev–Trinajstić information content (AvgIpc) is 3.06. The molecule has 7 nitrogen and oxygen atoms in total. The van der Waals surface area contributed by atoms with E-state index in [9.17, 15) is 18.0 Å². The molecule has 0 aliphatic carbocycles. The molecule has 0 spiro atoms. The van der Waals surface area contributed by atoms with E-state index in [1.165, 1.54) is 4.31 Å². The molecule has 8 heteroatoms. The zero-order valence-corrected chi connectivity index (χ0v) is 22.7. The molecule has 1 unspecified atom stereocenters. The molecule has 2 amide bonds. The van der Waals surface area contributed by atoms with E-state index in [4.69, 9.17) is 0 Å². The number of anilines is 1. The monoisotopic (exact) mass is 521 g/mol. The molecular weight excluding hydrogens is 486 g/mol. The van der Waals surface area contributed by atoms with E-state index in [0.717, 1.165) is 21.9 Å². The lowest BCUT2D eigenvalue weighted by molar-refractivity contribution is -0.141. The molecule has 0 saturated carbocycles. The summed E-state index contributed by atoms with van der Waals surface area (Å²) in [5, 5.41) is 4.55. The number of aryl methyl sites for hydroxylation is 1. The molecule has 1 N–H and O–H groups in total. The topological polar surface area (TPSA) is 86.8 Å². The lowest BCUT2D eigenvalue weighted by atomic mass is 10.1. The third-order valence-electron chi connectivity index (χ3n) is 6.69. The van der Waals surface area contributed by atoms with Crippen molar-refractivity contribution in [1.82, 2.24) is 10.2 Å². The van der Waals surface area contributed by atoms with E-state index in [2.05, 4.69) is 5.32 Å². The Morgan fingerprint density at radius 2 is 1.73 bits per heavy atom. The third kappa shape index (κ3) is 5.49. The second kappa shape index (κ2) is 10.9. The van der Waals surface area contributed by atoms with Crippen molar-refractivity contribution in [3.05, 3.63) is 71.8 Å². The largest absolute Gasteiger partial charge is 0.352 e. The van der Waals surface area contributed by atoms with Crippen LogP contribution in [0, 0.1) is 6.92 Å². The maximum Gasteiger partial charge on any atom is 0.265 e. The van der Waals surface area contributed by atoms with E-state index < -0.39 is 16.1 Å². The van der Waals surface area contributed by atoms with E-state index in [-0.39, 0.29) is 30.8 Å². The Balaban J connectivity index is 1.52. The predicted octanol–water partition coefficient (Wildman–Crippen LogP) is 4.77. The lowest BCUT2D eigenvalue weighted by Gasteiger charge is -2.31. The SMILES string of the molecule is CCC(C(=O)NC(C)C)N(Cc1cccc(C)c1)C(=O)CCCN1c2cccc3cccc(c23)S1(=O)=O. The molecule has 1 atom stereocenters. The van der Waals surface area contributed by atoms with Gasteiger partial charge in [0.25, 0.3) is 10.0 Å². The number of nitrogens with one attached hydrogen (secondary N) is 1. The first-order valence-corrected chi connectivity index (χ1v) is 14.3. The maximum absolute atomic E-state index is 13.5. The number of benzene rings is 3. The highest BCUT2D eigenvalue weighted by Crippen LogP contribution is 2.42. The summed E-state index contributed by atoms with van der Waals surface area (Å²) < 4.78 is 28.0. The molecule has 1 aliphatic rings. The van der Waals surface area contributed by atoms with Crippen LogP contribution in [0.5, 0.6) is 0 Å². The van der Waals surface area contributed by atoms with Gasteiger partial charge in [0.2, 0.25) is 11.8 Å². The summed E-state index contributed by atoms with van der Waals surface area (Å²) in [5.41, 5.74) is 2.69. The van der Waals surface area contributed by atoms with Crippen LogP contribution < -0.4 is 9.62 Å². The fraction of sp³-hybridized carbons (Fsp3) is 0.379. The lowest BCUT2D eigenvalue weighted by Crippen LogP contribution is -2.50. The quantitative estimate of drug-likeness (QED) is 0.416. The zero-order valence-electron chi connectivity index (χ0n) is 21.9. The molecule has 196 valence electrons. The van der Waals surface area contributed by atoms with E-state index in [1.807, 2.05) is 76.2 Å². The fourth-order valence-corrected chi connectivity index (χ4v) is 6.77. The smallest absolute Gasteiger partial charge is 0.265 e. The van der Waals surface area contributed by atoms with Crippen LogP contribution in [-0.2, 0) is 26.2 Å². The highest BCUT2D eigenvalue weighted by molar-refractivity contribution is 7.93. The summed E-state index contributed by atoms with van der Waals surface area (Å²) in [5.74, 6) is -0.345. The van der Waals surface area contributed by atoms with Crippen molar-refractivity contribution in [3.8, 4) is 0 Å². The van der Waals surface area contributed by atoms with Gasteiger partial charge in [0.1, 0.15) is 6.04 Å². The van der Waals surface area contributed by atoms with Gasteiger partial charge < -0.3 is 10.2 Å². The van der Waals surface area contributed by atoms with Crippen molar-refractivity contribution >= 4 is 38.3 Å². The first-order valence-electron chi connectivity index (χ1n) is 12.8. The summed E-state index contributed by atoms with van der Waals surface area (Å²) in [6, 6.07) is 18.1. The van der Waals surface area contributed by atoms with Gasteiger partial charge in [-0.25, -0.2) is 8.42 Å². The Morgan fingerprint density at radius 1 is 1.03 bits per heavy atom. The van der Waals surface area contributed by atoms with Gasteiger partial charge in [0, 0.05) is 30.9 Å². The number of amides is 2. The number of carbonyl (C=O) groups excluding carboxylic acids is 2. The molecule has 0 fully saturated rings. The summed E-state index contributed by atoms with van der Waals surface area (Å²) >= 11 is 0. The number of nitrogens with zero attached hydrogens (tertiary/aromatic N) is 2. The molecule has 4 rings (SSSR count). The number of hydrogen-bond donors (Lipinski definition) is 1. The molecule has 0 aromatic heterocycles. The molecule has 37 heavy (non-hydrogen) atoms. The van der Waals surface area contributed by atoms with Crippen LogP contribution in [0.3, 0.4) is 0 Å². The Labute approximate surface area is 219 Å². The molecule has 1 aliphatic heterocycles. The first-order chi connectivity index (χ1) is 17.6. The predicted molar refractivity (Wildman–Crippen MR) is 147 cm³/mol. The number of rotatable bonds is 10. The van der Waals surface area contributed by atoms with Gasteiger partial charge in [-0.3, -0.25) is 13.9 Å². The summed E-state index contributed by atoms with van der Waals surface area (Å²) in [7, 11) is -3.67. The maximum atomic E-state index is 13.5. The van der Waals surface area contributed by atoms with Gasteiger partial charge in [0.15, 0.2) is 0 Å². The summed E-state index contributed by atoms with van der Waals surface area (Å²) in [6.45, 7) is 8.19. The third-order valence-corrected chi connectivity index (χ3v) is 8.54. The Hall–Kier alpha value is -3.39. The van der Waals surface area contributed by atoms with Gasteiger partial charge in [-0.2, -0.15) is 0 Å². The van der Waals surface area contributed by atoms with Crippen molar-refractivity contribution in [2.45, 2.75) is 70.5 Å². The van der Waals surface area contributed by atoms with Gasteiger partial charge >= 0.3 is 0 Å². The zero-order chi connectivity index (χ0) is 26.7. The molecule has 3 aromatic rings. The highest BCUT2D eigenvalue weighted by Gasteiger charge is 2.35. The minimum Gasteiger partial charge on any atom is -0.352 e. The minimum absolute atomic E-state index is 0.0396. The molecule has 1 heterocycles. The summed E-state index contributed by atoms with van der Waals surface area (Å²) in [6.07, 6.45) is 0.957. The van der Waals surface area contributed by atoms with Crippen molar-refractivity contribution in [2.75, 3.05) is 10.8 Å². The minimum atomic E-state index is -3.67. The normalized spacial score (nSPS) is 14.7. The summed E-state index contributed by atoms with van der Waals surface area (Å²) in [4.78, 5) is 28.5. The van der Waals surface area contributed by atoms with Crippen LogP contribution in [0.1, 0.15) is 51.2 Å². The molecular formula is C29H35N3O4S. The fourth-order valence-electron chi connectivity index (χ4n) is 5.02. The Morgan fingerprint density at radius 3 is 2.41 bits per heavy atom. The second-order valence-corrected chi connectivity index (χ2v) is 11.7. The van der Waals surface area contributed by atoms with Gasteiger partial charge in [-0.05, 0) is 56.7 Å². The average molecular weight is 522 g/mol. The molecule has 0 radical (unpaired) electrons. The second-order valence-electron chi connectivity index (χ2n) is 9.91. The van der Waals surface area contributed by atoms with Crippen LogP contribution in [0.4, 0.5) is 5.69 Å². The van der Waals surface area contributed by atoms with Crippen molar-refractivity contribution < 1.29 is 18.0 Å². The molecule has 0 bridgehead atoms. The van der Waals surface area contributed by atoms with Crippen LogP contribution in [0.25, 0.3) is 10.8 Å². The standard InChI is InChI=1S/C29H35N3O4S/c1-5-24(29(34)30-20(2)3)31(19-22-11-6-10-21(4)18-22)27(33)16-9-17-32-25-14-7-12-23-13-8-15-26(28(23)25)37(32,35)36/h6-8,10-15,18,20,24H,5,9,16-17,19H2,1-4H3,(H,30,34). The van der Waals surface area contributed by atoms with Crippen LogP contribution >= 0.6 is 0 Å². The van der Waals surface area contributed by atoms with Crippen molar-refractivity contribution in [2.24, 2.45) is 0 Å². The molecule has 0 saturated heterocycles. The van der Waals surface area contributed by atoms with Crippen LogP contribution in [0.15, 0.2) is 65.6 Å². The number of sulfonamides is 1.